The van der Waals surface area contributed by atoms with Gasteiger partial charge >= 0.3 is 11.9 Å². The van der Waals surface area contributed by atoms with Gasteiger partial charge in [0, 0.05) is 62.6 Å². The quantitative estimate of drug-likeness (QED) is 0.105. The van der Waals surface area contributed by atoms with Crippen molar-refractivity contribution in [2.24, 2.45) is 23.7 Å². The molecule has 4 fully saturated rings. The molecule has 5 heterocycles. The zero-order valence-electron chi connectivity index (χ0n) is 48.6. The number of hydrogen-bond donors (Lipinski definition) is 5. The van der Waals surface area contributed by atoms with Crippen LogP contribution in [0.3, 0.4) is 0 Å². The minimum Gasteiger partial charge on any atom is -0.477 e. The molecule has 0 radical (unpaired) electrons. The van der Waals surface area contributed by atoms with E-state index >= 15 is 0 Å². The van der Waals surface area contributed by atoms with Crippen LogP contribution < -0.4 is 15.8 Å². The molecule has 0 saturated carbocycles. The van der Waals surface area contributed by atoms with Crippen molar-refractivity contribution >= 4 is 28.6 Å². The lowest BCUT2D eigenvalue weighted by Gasteiger charge is -2.50. The number of esters is 1. The molecule has 0 bridgehead atoms. The number of Topliss-reactive ketones (excluding diaryl/α,β-unsaturated/α-hetero) is 1. The molecule has 0 unspecified atom stereocenters. The lowest BCUT2D eigenvalue weighted by atomic mass is 9.74. The Balaban J connectivity index is 1.18. The molecule has 78 heavy (non-hydrogen) atoms. The van der Waals surface area contributed by atoms with E-state index < -0.39 is 113 Å². The number of cyclic esters (lactones) is 1. The van der Waals surface area contributed by atoms with Gasteiger partial charge in [-0.3, -0.25) is 19.1 Å². The number of carbonyl (C=O) groups excluding carboxylic acids is 2. The summed E-state index contributed by atoms with van der Waals surface area (Å²) in [5, 5.41) is 51.0. The number of pyridine rings is 1. The fraction of sp³-hybridized carbons (Fsp3) is 0.789. The Kier molecular flexibility index (Phi) is 21.9. The Morgan fingerprint density at radius 1 is 0.897 bits per heavy atom. The molecule has 21 heteroatoms. The maximum atomic E-state index is 14.6. The number of hydrogen-bond acceptors (Lipinski definition) is 19. The van der Waals surface area contributed by atoms with Gasteiger partial charge in [0.15, 0.2) is 12.6 Å². The summed E-state index contributed by atoms with van der Waals surface area (Å²) in [7, 11) is 6.87. The molecule has 0 spiro atoms. The summed E-state index contributed by atoms with van der Waals surface area (Å²) in [4.78, 5) is 56.2. The van der Waals surface area contributed by atoms with Gasteiger partial charge in [-0.05, 0) is 112 Å². The first-order valence-corrected chi connectivity index (χ1v) is 28.0. The fourth-order valence-electron chi connectivity index (χ4n) is 12.4. The van der Waals surface area contributed by atoms with Crippen LogP contribution in [0.2, 0.25) is 0 Å². The average Bonchev–Trinajstić information content (AvgIpc) is 3.45. The van der Waals surface area contributed by atoms with Gasteiger partial charge in [0.25, 0.3) is 0 Å². The van der Waals surface area contributed by atoms with Crippen LogP contribution in [0.5, 0.6) is 0 Å². The van der Waals surface area contributed by atoms with Gasteiger partial charge in [0.1, 0.15) is 35.3 Å². The number of ether oxygens (including phenoxy) is 9. The number of benzene rings is 1. The third-order valence-corrected chi connectivity index (χ3v) is 17.2. The molecule has 6 rings (SSSR count). The summed E-state index contributed by atoms with van der Waals surface area (Å²) in [6.07, 6.45) is -5.74. The van der Waals surface area contributed by atoms with E-state index in [1.807, 2.05) is 70.8 Å². The van der Waals surface area contributed by atoms with E-state index in [1.54, 1.807) is 45.5 Å². The van der Waals surface area contributed by atoms with Crippen LogP contribution in [-0.2, 0) is 58.6 Å². The van der Waals surface area contributed by atoms with Crippen LogP contribution in [0.1, 0.15) is 117 Å². The monoisotopic (exact) mass is 1100 g/mol. The number of nitrogens with one attached hydrogen (secondary N) is 1. The zero-order chi connectivity index (χ0) is 57.6. The molecular weight excluding hydrogens is 1010 g/mol. The Morgan fingerprint density at radius 3 is 2.19 bits per heavy atom. The minimum absolute atomic E-state index is 0.0854. The van der Waals surface area contributed by atoms with Crippen LogP contribution in [0.25, 0.3) is 10.9 Å². The van der Waals surface area contributed by atoms with Crippen molar-refractivity contribution in [3.8, 4) is 0 Å². The van der Waals surface area contributed by atoms with Gasteiger partial charge in [-0.25, -0.2) is 4.79 Å². The average molecular weight is 1110 g/mol. The number of aromatic carboxylic acids is 1. The molecule has 21 nitrogen and oxygen atoms in total. The van der Waals surface area contributed by atoms with E-state index in [-0.39, 0.29) is 42.8 Å². The number of aliphatic hydroxyl groups excluding tert-OH is 2. The Hall–Kier alpha value is -3.68. The van der Waals surface area contributed by atoms with Crippen LogP contribution >= 0.6 is 0 Å². The molecular formula is C57H92N4O17. The van der Waals surface area contributed by atoms with Crippen molar-refractivity contribution in [2.75, 3.05) is 79.3 Å². The Bertz CT molecular complexity index is 2380. The van der Waals surface area contributed by atoms with Gasteiger partial charge < -0.3 is 78.3 Å². The second kappa shape index (κ2) is 26.9. The molecule has 2 aromatic rings. The zero-order valence-corrected chi connectivity index (χ0v) is 48.6. The number of aromatic nitrogens is 1. The van der Waals surface area contributed by atoms with Crippen LogP contribution in [0, 0.1) is 23.7 Å². The first-order chi connectivity index (χ1) is 36.7. The second-order valence-corrected chi connectivity index (χ2v) is 23.3. The second-order valence-electron chi connectivity index (χ2n) is 23.3. The van der Waals surface area contributed by atoms with E-state index in [0.717, 1.165) is 12.0 Å². The van der Waals surface area contributed by atoms with Gasteiger partial charge in [-0.15, -0.1) is 0 Å². The topological polar surface area (TPSA) is 256 Å². The summed E-state index contributed by atoms with van der Waals surface area (Å²) in [5.74, 6) is -5.91. The van der Waals surface area contributed by atoms with E-state index in [9.17, 15) is 39.6 Å². The molecule has 1 aromatic carbocycles. The van der Waals surface area contributed by atoms with Crippen molar-refractivity contribution in [3.63, 3.8) is 0 Å². The highest BCUT2D eigenvalue weighted by atomic mass is 16.7. The fourth-order valence-corrected chi connectivity index (χ4v) is 12.4. The summed E-state index contributed by atoms with van der Waals surface area (Å²) in [6.45, 7) is 21.0. The predicted molar refractivity (Wildman–Crippen MR) is 290 cm³/mol. The molecule has 0 amide bonds. The number of rotatable bonds is 18. The molecule has 442 valence electrons. The highest BCUT2D eigenvalue weighted by molar-refractivity contribution is 5.93. The highest BCUT2D eigenvalue weighted by Gasteiger charge is 2.54. The van der Waals surface area contributed by atoms with Crippen molar-refractivity contribution in [1.29, 1.82) is 0 Å². The maximum absolute atomic E-state index is 14.6. The van der Waals surface area contributed by atoms with Gasteiger partial charge in [-0.2, -0.15) is 0 Å². The number of aliphatic hydroxyl groups is 3. The first kappa shape index (κ1) is 63.5. The van der Waals surface area contributed by atoms with Gasteiger partial charge in [0.2, 0.25) is 5.43 Å². The third kappa shape index (κ3) is 14.1. The summed E-state index contributed by atoms with van der Waals surface area (Å²) in [5.41, 5.74) is -3.49. The van der Waals surface area contributed by atoms with E-state index in [0.29, 0.717) is 69.7 Å². The van der Waals surface area contributed by atoms with Crippen molar-refractivity contribution in [2.45, 2.75) is 192 Å². The molecule has 0 aliphatic carbocycles. The molecule has 4 aliphatic heterocycles. The number of nitrogens with zero attached hydrogens (tertiary/aromatic N) is 3. The van der Waals surface area contributed by atoms with Gasteiger partial charge in [-0.1, -0.05) is 33.8 Å². The number of carbonyl (C=O) groups is 3. The number of fused-ring (bicyclic) bond motifs is 1. The Morgan fingerprint density at radius 2 is 1.56 bits per heavy atom. The first-order valence-electron chi connectivity index (χ1n) is 28.0. The number of carboxylic acids is 1. The van der Waals surface area contributed by atoms with Crippen molar-refractivity contribution in [3.05, 3.63) is 45.7 Å². The predicted octanol–water partition coefficient (Wildman–Crippen LogP) is 3.67. The van der Waals surface area contributed by atoms with Crippen LogP contribution in [0.15, 0.2) is 29.2 Å². The summed E-state index contributed by atoms with van der Waals surface area (Å²) < 4.78 is 59.4. The van der Waals surface area contributed by atoms with E-state index in [4.69, 9.17) is 42.6 Å². The number of carboxylic acid groups (broad SMARTS) is 1. The number of methoxy groups -OCH3 is 2. The molecule has 18 atom stereocenters. The minimum atomic E-state index is -2.01. The van der Waals surface area contributed by atoms with E-state index in [2.05, 4.69) is 5.32 Å². The lowest BCUT2D eigenvalue weighted by Crippen LogP contribution is -2.61. The maximum Gasteiger partial charge on any atom is 0.341 e. The SMILES string of the molecule is CC[C@H]1OC(=O)[C@H](C)[C@@H](O[C@H]2C[C@@](C)(OC)[C@@H](OCCNCCCc3ccc4c(c3)c(=O)c(C(=O)O)cn4N3CCOCC3)[C@H](C)O2)[C@H](C)[C@@H](O[C@@H]2O[C@H](C)C[C@H](N(C)C)[C@H]2O)[C@](C)(OC)C[C@@H](C)C(=O)[C@H](C)[C@@H](O)[C@]1(C)O. The number of likely N-dealkylation sites (N-methyl/N-ethyl adjacent to an activating group) is 1. The standard InChI is InChI=1S/C57H92N4O17/c1-15-43-57(10,69)49(65)34(4)45(62)32(2)29-55(8,70-13)50(78-54-47(64)42(59(11)12)27-33(3)74-54)35(5)48(36(6)53(68)76-43)77-44-30-56(9,71-14)51(37(7)75-44)73-24-21-58-20-16-17-38-18-19-41-39(28-38)46(63)40(52(66)67)31-61(41)60-22-25-72-26-23-60/h18-19,28,31-37,42-44,47-51,54,58,64-65,69H,15-17,20-27,29-30H2,1-14H3,(H,66,67)/t32-,33-,34+,35+,36-,37+,42+,43-,44+,47-,48+,49-,50-,51+,54+,55-,56-,57-/m1/s1. The number of ketones is 1. The third-order valence-electron chi connectivity index (χ3n) is 17.2. The smallest absolute Gasteiger partial charge is 0.341 e. The molecule has 5 N–H and O–H groups in total. The largest absolute Gasteiger partial charge is 0.477 e. The van der Waals surface area contributed by atoms with E-state index in [1.165, 1.54) is 20.2 Å². The summed E-state index contributed by atoms with van der Waals surface area (Å²) >= 11 is 0. The summed E-state index contributed by atoms with van der Waals surface area (Å²) in [6, 6.07) is 5.32. The normalized spacial score (nSPS) is 37.8. The van der Waals surface area contributed by atoms with Crippen molar-refractivity contribution in [1.82, 2.24) is 14.9 Å². The van der Waals surface area contributed by atoms with Crippen LogP contribution in [-0.4, -0.2) is 206 Å². The highest BCUT2D eigenvalue weighted by Crippen LogP contribution is 2.42. The van der Waals surface area contributed by atoms with Crippen LogP contribution in [0.4, 0.5) is 0 Å². The molecule has 4 saturated heterocycles. The lowest BCUT2D eigenvalue weighted by molar-refractivity contribution is -0.322. The van der Waals surface area contributed by atoms with Gasteiger partial charge in [0.05, 0.1) is 86.1 Å². The van der Waals surface area contributed by atoms with Crippen molar-refractivity contribution < 1.29 is 77.4 Å². The molecule has 1 aromatic heterocycles. The number of morpholine rings is 1. The molecule has 4 aliphatic rings. The number of aryl methyl sites for hydroxylation is 1. The Labute approximate surface area is 460 Å².